The number of nitrogens with one attached hydrogen (secondary N) is 2. The van der Waals surface area contributed by atoms with Crippen molar-refractivity contribution >= 4 is 59.9 Å². The maximum absolute atomic E-state index is 7.08. The smallest absolute Gasteiger partial charge is 0.162 e. The van der Waals surface area contributed by atoms with Crippen LogP contribution < -0.4 is 42.9 Å². The minimum absolute atomic E-state index is 0.107. The Morgan fingerprint density at radius 1 is 1.15 bits per heavy atom. The molecule has 4 aliphatic rings. The van der Waals surface area contributed by atoms with Crippen LogP contribution in [0.3, 0.4) is 0 Å². The molecule has 0 radical (unpaired) electrons. The highest BCUT2D eigenvalue weighted by atomic mass is 32.2. The molecule has 2 saturated heterocycles. The van der Waals surface area contributed by atoms with Gasteiger partial charge >= 0.3 is 0 Å². The van der Waals surface area contributed by atoms with Gasteiger partial charge in [0.05, 0.1) is 28.4 Å². The molecule has 5 heterocycles. The van der Waals surface area contributed by atoms with Crippen LogP contribution in [0.5, 0.6) is 0 Å². The Bertz CT molecular complexity index is 2370. The van der Waals surface area contributed by atoms with Crippen LogP contribution in [0.25, 0.3) is 24.4 Å². The Labute approximate surface area is 367 Å². The van der Waals surface area contributed by atoms with Crippen molar-refractivity contribution < 1.29 is 0 Å². The van der Waals surface area contributed by atoms with Crippen molar-refractivity contribution in [2.75, 3.05) is 30.3 Å². The fourth-order valence-corrected chi connectivity index (χ4v) is 10.0. The van der Waals surface area contributed by atoms with E-state index >= 15 is 0 Å². The first kappa shape index (κ1) is 44.1. The number of nitrogens with two attached hydrogens (primary N) is 3. The summed E-state index contributed by atoms with van der Waals surface area (Å²) in [7, 11) is 0. The molecule has 1 saturated carbocycles. The second kappa shape index (κ2) is 18.1. The first-order valence-corrected chi connectivity index (χ1v) is 23.1. The molecular weight excluding hydrogens is 777 g/mol. The summed E-state index contributed by atoms with van der Waals surface area (Å²) in [5, 5.41) is 19.2. The SMILES string of the molecule is C=C1CCC(n2c(=C)c3c(c2=C)C(NCCCC(/C=N\N)=NCC(C)C(C)(C)n2ccc(/C(=C/C)c4nc(N5CCCCC5C)cc(C5(SN)CC5)n4)c2N)=CCC3)C(=C)N1. The van der Waals surface area contributed by atoms with Gasteiger partial charge in [0.25, 0.3) is 0 Å². The van der Waals surface area contributed by atoms with E-state index in [-0.39, 0.29) is 22.2 Å². The van der Waals surface area contributed by atoms with Crippen LogP contribution in [-0.2, 0) is 16.7 Å². The molecular formula is C48H68N12S. The van der Waals surface area contributed by atoms with E-state index in [9.17, 15) is 0 Å². The molecule has 2 aliphatic heterocycles. The average molecular weight is 845 g/mol. The maximum atomic E-state index is 7.08. The number of hydrogen-bond donors (Lipinski definition) is 5. The minimum atomic E-state index is -0.364. The molecule has 0 amide bonds. The quantitative estimate of drug-likeness (QED) is 0.0337. The molecule has 3 fully saturated rings. The van der Waals surface area contributed by atoms with Crippen LogP contribution in [0.1, 0.15) is 133 Å². The van der Waals surface area contributed by atoms with E-state index < -0.39 is 0 Å². The van der Waals surface area contributed by atoms with Crippen LogP contribution in [0.2, 0.25) is 0 Å². The minimum Gasteiger partial charge on any atom is -0.385 e. The van der Waals surface area contributed by atoms with Crippen molar-refractivity contribution in [2.45, 2.75) is 128 Å². The van der Waals surface area contributed by atoms with Gasteiger partial charge in [0.2, 0.25) is 0 Å². The fraction of sp³-hybridized carbons (Fsp3) is 0.500. The zero-order valence-corrected chi connectivity index (χ0v) is 38.0. The summed E-state index contributed by atoms with van der Waals surface area (Å²) in [4.78, 5) is 17.9. The third-order valence-corrected chi connectivity index (χ3v) is 14.9. The van der Waals surface area contributed by atoms with Gasteiger partial charge in [-0.1, -0.05) is 57.3 Å². The number of aromatic nitrogens is 4. The van der Waals surface area contributed by atoms with Crippen molar-refractivity contribution in [1.29, 1.82) is 0 Å². The van der Waals surface area contributed by atoms with Crippen molar-refractivity contribution in [3.8, 4) is 0 Å². The second-order valence-corrected chi connectivity index (χ2v) is 19.1. The number of nitrogens with zero attached hydrogens (tertiary/aromatic N) is 7. The van der Waals surface area contributed by atoms with E-state index in [1.54, 1.807) is 6.21 Å². The monoisotopic (exact) mass is 845 g/mol. The second-order valence-electron chi connectivity index (χ2n) is 18.0. The standard InChI is InChI=1S/C48H68N12S/c1-10-37(46-56-42(48(61-51)22-23-48)27-43(57-46)58-25-12-11-15-32(58)4)39-21-26-59(45(39)49)47(8,9)30(2)28-53-36(29-54-50)16-14-24-52-40-18-13-17-38-34(6)60(35(7)44(38)40)41-20-19-31(3)55-33(41)5/h10,18,21,26-27,29-30,32,41,52,55H,3,5-7,11-17,19-20,22-25,28,49-51H2,1-2,4,8-9H3/b37-10-,53-36?,54-29-. The topological polar surface area (TPSA) is 166 Å². The molecule has 0 spiro atoms. The highest BCUT2D eigenvalue weighted by molar-refractivity contribution is 7.98. The number of allylic oxidation sites excluding steroid dienone is 4. The molecule has 8 N–H and O–H groups in total. The van der Waals surface area contributed by atoms with Gasteiger partial charge in [-0.15, -0.1) is 0 Å². The maximum Gasteiger partial charge on any atom is 0.162 e. The zero-order valence-electron chi connectivity index (χ0n) is 37.2. The van der Waals surface area contributed by atoms with E-state index in [1.165, 1.54) is 29.5 Å². The molecule has 61 heavy (non-hydrogen) atoms. The summed E-state index contributed by atoms with van der Waals surface area (Å²) in [6.45, 7) is 30.8. The van der Waals surface area contributed by atoms with Crippen molar-refractivity contribution in [2.24, 2.45) is 27.0 Å². The Morgan fingerprint density at radius 2 is 1.93 bits per heavy atom. The number of aliphatic imine (C=N–C) groups is 1. The first-order chi connectivity index (χ1) is 29.2. The van der Waals surface area contributed by atoms with Crippen LogP contribution in [0, 0.1) is 5.92 Å². The lowest BCUT2D eigenvalue weighted by Gasteiger charge is -2.35. The summed E-state index contributed by atoms with van der Waals surface area (Å²) in [5.41, 5.74) is 16.0. The number of hydrogen-bond acceptors (Lipinski definition) is 11. The Balaban J connectivity index is 1.02. The molecule has 3 atom stereocenters. The normalized spacial score (nSPS) is 21.3. The lowest BCUT2D eigenvalue weighted by atomic mass is 9.88. The largest absolute Gasteiger partial charge is 0.385 e. The molecule has 326 valence electrons. The number of rotatable bonds is 16. The third kappa shape index (κ3) is 8.73. The summed E-state index contributed by atoms with van der Waals surface area (Å²) in [6.07, 6.45) is 19.1. The molecule has 3 aromatic heterocycles. The summed E-state index contributed by atoms with van der Waals surface area (Å²) >= 11 is 1.41. The van der Waals surface area contributed by atoms with Gasteiger partial charge in [0, 0.05) is 88.0 Å². The van der Waals surface area contributed by atoms with Crippen LogP contribution in [0.15, 0.2) is 65.1 Å². The lowest BCUT2D eigenvalue weighted by Crippen LogP contribution is -2.38. The van der Waals surface area contributed by atoms with E-state index in [2.05, 4.69) is 114 Å². The first-order valence-electron chi connectivity index (χ1n) is 22.2. The number of anilines is 2. The number of hydrazone groups is 1. The Hall–Kier alpha value is -5.01. The van der Waals surface area contributed by atoms with Gasteiger partial charge in [-0.3, -0.25) is 10.1 Å². The molecule has 3 aromatic rings. The predicted octanol–water partition coefficient (Wildman–Crippen LogP) is 6.97. The van der Waals surface area contributed by atoms with Gasteiger partial charge in [0.15, 0.2) is 5.82 Å². The van der Waals surface area contributed by atoms with Gasteiger partial charge < -0.3 is 36.2 Å². The van der Waals surface area contributed by atoms with E-state index in [0.717, 1.165) is 133 Å². The van der Waals surface area contributed by atoms with Crippen LogP contribution in [-0.4, -0.2) is 56.7 Å². The predicted molar refractivity (Wildman–Crippen MR) is 258 cm³/mol. The van der Waals surface area contributed by atoms with Gasteiger partial charge in [-0.2, -0.15) is 5.10 Å². The fourth-order valence-electron chi connectivity index (χ4n) is 9.46. The van der Waals surface area contributed by atoms with E-state index in [1.807, 2.05) is 6.92 Å². The Morgan fingerprint density at radius 3 is 2.62 bits per heavy atom. The number of piperidine rings is 2. The molecule has 12 nitrogen and oxygen atoms in total. The van der Waals surface area contributed by atoms with Crippen molar-refractivity contribution in [3.05, 3.63) is 93.9 Å². The molecule has 3 unspecified atom stereocenters. The van der Waals surface area contributed by atoms with Gasteiger partial charge in [-0.05, 0) is 116 Å². The third-order valence-electron chi connectivity index (χ3n) is 13.8. The molecule has 0 aromatic carbocycles. The zero-order chi connectivity index (χ0) is 43.6. The summed E-state index contributed by atoms with van der Waals surface area (Å²) in [5.74, 6) is 8.18. The molecule has 7 rings (SSSR count). The van der Waals surface area contributed by atoms with Gasteiger partial charge in [0.1, 0.15) is 11.6 Å². The molecule has 2 aliphatic carbocycles. The average Bonchev–Trinajstić information content (AvgIpc) is 3.90. The number of fused-ring (bicyclic) bond motifs is 1. The number of nitrogen functional groups attached to an aromatic ring is 1. The summed E-state index contributed by atoms with van der Waals surface area (Å²) in [6, 6.07) is 4.80. The van der Waals surface area contributed by atoms with E-state index in [4.69, 9.17) is 31.7 Å². The van der Waals surface area contributed by atoms with E-state index in [0.29, 0.717) is 24.2 Å². The van der Waals surface area contributed by atoms with Crippen LogP contribution >= 0.6 is 11.9 Å². The highest BCUT2D eigenvalue weighted by Crippen LogP contribution is 2.55. The highest BCUT2D eigenvalue weighted by Gasteiger charge is 2.47. The Kier molecular flexibility index (Phi) is 13.1. The lowest BCUT2D eigenvalue weighted by molar-refractivity contribution is 0.243. The summed E-state index contributed by atoms with van der Waals surface area (Å²) < 4.78 is 4.29. The van der Waals surface area contributed by atoms with Gasteiger partial charge in [-0.25, -0.2) is 9.97 Å². The molecule has 0 bridgehead atoms. The van der Waals surface area contributed by atoms with Crippen molar-refractivity contribution in [1.82, 2.24) is 29.7 Å². The van der Waals surface area contributed by atoms with Crippen LogP contribution in [0.4, 0.5) is 11.6 Å². The molecule has 13 heteroatoms. The van der Waals surface area contributed by atoms with Crippen molar-refractivity contribution in [3.63, 3.8) is 0 Å².